The molecule has 2 heterocycles. The number of nitrogens with one attached hydrogen (secondary N) is 1. The van der Waals surface area contributed by atoms with Gasteiger partial charge in [-0.25, -0.2) is 0 Å². The van der Waals surface area contributed by atoms with E-state index in [1.165, 1.54) is 17.7 Å². The fraction of sp³-hybridized carbons (Fsp3) is 0.600. The Morgan fingerprint density at radius 3 is 3.06 bits per heavy atom. The van der Waals surface area contributed by atoms with E-state index in [9.17, 15) is 0 Å². The molecule has 0 unspecified atom stereocenters. The second kappa shape index (κ2) is 5.61. The molecule has 1 fully saturated rings. The molecule has 3 rings (SSSR count). The number of fused-ring (bicyclic) bond motifs is 1. The molecule has 2 aliphatic rings. The van der Waals surface area contributed by atoms with Crippen molar-refractivity contribution in [2.45, 2.75) is 25.7 Å². The van der Waals surface area contributed by atoms with Crippen molar-refractivity contribution in [1.82, 2.24) is 0 Å². The van der Waals surface area contributed by atoms with Gasteiger partial charge < -0.3 is 14.8 Å². The maximum Gasteiger partial charge on any atom is 0.124 e. The molecule has 0 saturated carbocycles. The molecule has 1 saturated heterocycles. The Labute approximate surface area is 108 Å². The Bertz CT molecular complexity index is 399. The predicted octanol–water partition coefficient (Wildman–Crippen LogP) is 2.85. The first kappa shape index (κ1) is 11.8. The van der Waals surface area contributed by atoms with Gasteiger partial charge in [-0.15, -0.1) is 0 Å². The zero-order valence-corrected chi connectivity index (χ0v) is 10.8. The zero-order valence-electron chi connectivity index (χ0n) is 10.8. The highest BCUT2D eigenvalue weighted by molar-refractivity contribution is 5.59. The van der Waals surface area contributed by atoms with E-state index < -0.39 is 0 Å². The molecule has 18 heavy (non-hydrogen) atoms. The highest BCUT2D eigenvalue weighted by Gasteiger charge is 2.17. The summed E-state index contributed by atoms with van der Waals surface area (Å²) >= 11 is 0. The second-order valence-electron chi connectivity index (χ2n) is 5.18. The highest BCUT2D eigenvalue weighted by atomic mass is 16.5. The van der Waals surface area contributed by atoms with Gasteiger partial charge in [0.25, 0.3) is 0 Å². The molecule has 3 heteroatoms. The molecule has 1 aromatic carbocycles. The molecule has 0 spiro atoms. The quantitative estimate of drug-likeness (QED) is 0.891. The molecule has 2 aliphatic heterocycles. The molecule has 0 amide bonds. The summed E-state index contributed by atoms with van der Waals surface area (Å²) in [5.74, 6) is 1.73. The van der Waals surface area contributed by atoms with Crippen LogP contribution in [0.1, 0.15) is 24.8 Å². The van der Waals surface area contributed by atoms with Crippen LogP contribution in [0.25, 0.3) is 0 Å². The monoisotopic (exact) mass is 247 g/mol. The summed E-state index contributed by atoms with van der Waals surface area (Å²) in [4.78, 5) is 0. The molecule has 0 atom stereocenters. The number of rotatable bonds is 3. The summed E-state index contributed by atoms with van der Waals surface area (Å²) in [6.45, 7) is 3.70. The van der Waals surface area contributed by atoms with Gasteiger partial charge in [-0.3, -0.25) is 0 Å². The molecule has 0 aromatic heterocycles. The van der Waals surface area contributed by atoms with Gasteiger partial charge in [0.2, 0.25) is 0 Å². The van der Waals surface area contributed by atoms with Crippen LogP contribution in [0.15, 0.2) is 18.2 Å². The third-order valence-corrected chi connectivity index (χ3v) is 3.87. The maximum absolute atomic E-state index is 6.05. The lowest BCUT2D eigenvalue weighted by Crippen LogP contribution is -2.22. The van der Waals surface area contributed by atoms with E-state index in [1.807, 2.05) is 0 Å². The van der Waals surface area contributed by atoms with E-state index in [4.69, 9.17) is 9.47 Å². The van der Waals surface area contributed by atoms with Gasteiger partial charge in [0.1, 0.15) is 5.75 Å². The van der Waals surface area contributed by atoms with Gasteiger partial charge in [-0.05, 0) is 43.7 Å². The average Bonchev–Trinajstić information content (AvgIpc) is 2.46. The van der Waals surface area contributed by atoms with Crippen molar-refractivity contribution >= 4 is 5.69 Å². The van der Waals surface area contributed by atoms with Crippen LogP contribution >= 0.6 is 0 Å². The van der Waals surface area contributed by atoms with E-state index in [-0.39, 0.29) is 0 Å². The molecule has 98 valence electrons. The van der Waals surface area contributed by atoms with Crippen LogP contribution in [0.2, 0.25) is 0 Å². The topological polar surface area (TPSA) is 30.5 Å². The molecule has 0 bridgehead atoms. The van der Waals surface area contributed by atoms with Crippen LogP contribution in [0.5, 0.6) is 5.75 Å². The fourth-order valence-electron chi connectivity index (χ4n) is 2.73. The second-order valence-corrected chi connectivity index (χ2v) is 5.18. The Morgan fingerprint density at radius 1 is 1.28 bits per heavy atom. The number of benzene rings is 1. The smallest absolute Gasteiger partial charge is 0.124 e. The van der Waals surface area contributed by atoms with Crippen LogP contribution < -0.4 is 10.1 Å². The van der Waals surface area contributed by atoms with Crippen molar-refractivity contribution in [3.8, 4) is 5.75 Å². The molecule has 0 radical (unpaired) electrons. The Balaban J connectivity index is 1.65. The van der Waals surface area contributed by atoms with E-state index in [0.29, 0.717) is 5.92 Å². The standard InChI is InChI=1S/C15H21NO2/c1-4-14-13(3-2-8-16-14)15(5-1)18-11-12-6-9-17-10-7-12/h1,4-5,12,16H,2-3,6-11H2. The minimum Gasteiger partial charge on any atom is -0.493 e. The Kier molecular flexibility index (Phi) is 3.69. The summed E-state index contributed by atoms with van der Waals surface area (Å²) in [5, 5.41) is 3.44. The van der Waals surface area contributed by atoms with Crippen molar-refractivity contribution in [1.29, 1.82) is 0 Å². The van der Waals surface area contributed by atoms with E-state index in [2.05, 4.69) is 23.5 Å². The largest absolute Gasteiger partial charge is 0.493 e. The number of ether oxygens (including phenoxy) is 2. The lowest BCUT2D eigenvalue weighted by atomic mass is 10.0. The summed E-state index contributed by atoms with van der Waals surface area (Å²) < 4.78 is 11.4. The lowest BCUT2D eigenvalue weighted by molar-refractivity contribution is 0.0496. The minimum absolute atomic E-state index is 0.658. The summed E-state index contributed by atoms with van der Waals surface area (Å²) in [5.41, 5.74) is 2.61. The highest BCUT2D eigenvalue weighted by Crippen LogP contribution is 2.31. The van der Waals surface area contributed by atoms with E-state index in [1.54, 1.807) is 0 Å². The first-order valence-electron chi connectivity index (χ1n) is 7.00. The van der Waals surface area contributed by atoms with Gasteiger partial charge >= 0.3 is 0 Å². The van der Waals surface area contributed by atoms with Gasteiger partial charge in [-0.2, -0.15) is 0 Å². The first-order chi connectivity index (χ1) is 8.93. The third kappa shape index (κ3) is 2.61. The van der Waals surface area contributed by atoms with Crippen molar-refractivity contribution in [3.63, 3.8) is 0 Å². The van der Waals surface area contributed by atoms with Crippen LogP contribution in [0.3, 0.4) is 0 Å². The van der Waals surface area contributed by atoms with Gasteiger partial charge in [0, 0.05) is 31.0 Å². The zero-order chi connectivity index (χ0) is 12.2. The van der Waals surface area contributed by atoms with Crippen LogP contribution in [0, 0.1) is 5.92 Å². The summed E-state index contributed by atoms with van der Waals surface area (Å²) in [6, 6.07) is 6.33. The number of anilines is 1. The van der Waals surface area contributed by atoms with Crippen LogP contribution in [-0.2, 0) is 11.2 Å². The lowest BCUT2D eigenvalue weighted by Gasteiger charge is -2.25. The van der Waals surface area contributed by atoms with Crippen molar-refractivity contribution in [2.75, 3.05) is 31.7 Å². The average molecular weight is 247 g/mol. The molecule has 3 nitrogen and oxygen atoms in total. The summed E-state index contributed by atoms with van der Waals surface area (Å²) in [6.07, 6.45) is 4.59. The van der Waals surface area contributed by atoms with Gasteiger partial charge in [-0.1, -0.05) is 6.07 Å². The number of hydrogen-bond acceptors (Lipinski definition) is 3. The normalized spacial score (nSPS) is 20.0. The first-order valence-corrected chi connectivity index (χ1v) is 7.00. The summed E-state index contributed by atoms with van der Waals surface area (Å²) in [7, 11) is 0. The number of hydrogen-bond donors (Lipinski definition) is 1. The van der Waals surface area contributed by atoms with Gasteiger partial charge in [0.15, 0.2) is 0 Å². The minimum atomic E-state index is 0.658. The Morgan fingerprint density at radius 2 is 2.17 bits per heavy atom. The van der Waals surface area contributed by atoms with Crippen molar-refractivity contribution in [2.24, 2.45) is 5.92 Å². The fourth-order valence-corrected chi connectivity index (χ4v) is 2.73. The van der Waals surface area contributed by atoms with Gasteiger partial charge in [0.05, 0.1) is 6.61 Å². The van der Waals surface area contributed by atoms with Crippen LogP contribution in [0.4, 0.5) is 5.69 Å². The van der Waals surface area contributed by atoms with Crippen LogP contribution in [-0.4, -0.2) is 26.4 Å². The third-order valence-electron chi connectivity index (χ3n) is 3.87. The SMILES string of the molecule is c1cc2c(c(OCC3CCOCC3)c1)CCCN2. The van der Waals surface area contributed by atoms with E-state index in [0.717, 1.165) is 51.4 Å². The molecule has 1 aromatic rings. The van der Waals surface area contributed by atoms with Crippen molar-refractivity contribution < 1.29 is 9.47 Å². The molecular weight excluding hydrogens is 226 g/mol. The van der Waals surface area contributed by atoms with E-state index >= 15 is 0 Å². The maximum atomic E-state index is 6.05. The molecule has 0 aliphatic carbocycles. The molecular formula is C15H21NO2. The van der Waals surface area contributed by atoms with Crippen molar-refractivity contribution in [3.05, 3.63) is 23.8 Å². The molecule has 1 N–H and O–H groups in total. The Hall–Kier alpha value is -1.22. The predicted molar refractivity (Wildman–Crippen MR) is 72.3 cm³/mol.